The zero-order valence-corrected chi connectivity index (χ0v) is 14.6. The lowest BCUT2D eigenvalue weighted by atomic mass is 10.3. The lowest BCUT2D eigenvalue weighted by Gasteiger charge is -2.34. The van der Waals surface area contributed by atoms with Crippen LogP contribution >= 0.6 is 11.3 Å². The molecule has 0 amide bonds. The first kappa shape index (κ1) is 16.7. The topological polar surface area (TPSA) is 31.4 Å². The van der Waals surface area contributed by atoms with Crippen molar-refractivity contribution in [3.05, 3.63) is 10.6 Å². The number of aryl methyl sites for hydroxylation is 1. The molecule has 1 aromatic heterocycles. The molecule has 5 heteroatoms. The highest BCUT2D eigenvalue weighted by atomic mass is 32.1. The van der Waals surface area contributed by atoms with Gasteiger partial charge in [-0.15, -0.1) is 11.3 Å². The van der Waals surface area contributed by atoms with Crippen LogP contribution in [-0.4, -0.2) is 49.2 Å². The van der Waals surface area contributed by atoms with Crippen molar-refractivity contribution in [2.45, 2.75) is 46.6 Å². The molecule has 0 bridgehead atoms. The molecular formula is C16H30N4S. The number of hydrogen-bond donors (Lipinski definition) is 1. The van der Waals surface area contributed by atoms with Gasteiger partial charge in [0.2, 0.25) is 0 Å². The lowest BCUT2D eigenvalue weighted by molar-refractivity contribution is 0.258. The fourth-order valence-electron chi connectivity index (χ4n) is 2.78. The Morgan fingerprint density at radius 2 is 1.86 bits per heavy atom. The number of aromatic nitrogens is 1. The number of hydrogen-bond acceptors (Lipinski definition) is 5. The van der Waals surface area contributed by atoms with Gasteiger partial charge in [-0.25, -0.2) is 4.98 Å². The Hall–Kier alpha value is -0.650. The van der Waals surface area contributed by atoms with Crippen LogP contribution in [0.4, 0.5) is 5.13 Å². The highest BCUT2D eigenvalue weighted by Gasteiger charge is 2.20. The summed E-state index contributed by atoms with van der Waals surface area (Å²) in [5.74, 6) is 0. The molecule has 0 radical (unpaired) electrons. The lowest BCUT2D eigenvalue weighted by Crippen LogP contribution is -2.46. The molecule has 0 atom stereocenters. The monoisotopic (exact) mass is 310 g/mol. The number of thiazole rings is 1. The van der Waals surface area contributed by atoms with Crippen LogP contribution in [0.25, 0.3) is 0 Å². The Labute approximate surface area is 133 Å². The van der Waals surface area contributed by atoms with E-state index < -0.39 is 0 Å². The summed E-state index contributed by atoms with van der Waals surface area (Å²) in [5.41, 5.74) is 1.29. The molecule has 1 aliphatic heterocycles. The fourth-order valence-corrected chi connectivity index (χ4v) is 3.95. The minimum atomic E-state index is 0.977. The van der Waals surface area contributed by atoms with Crippen molar-refractivity contribution >= 4 is 16.5 Å². The van der Waals surface area contributed by atoms with Gasteiger partial charge in [0.05, 0.1) is 5.69 Å². The van der Waals surface area contributed by atoms with Crippen LogP contribution in [0.3, 0.4) is 0 Å². The van der Waals surface area contributed by atoms with Crippen LogP contribution in [0.1, 0.15) is 44.2 Å². The van der Waals surface area contributed by atoms with E-state index in [1.54, 1.807) is 0 Å². The number of rotatable bonds is 8. The molecule has 1 saturated heterocycles. The van der Waals surface area contributed by atoms with Crippen molar-refractivity contribution in [1.29, 1.82) is 0 Å². The van der Waals surface area contributed by atoms with Gasteiger partial charge in [0.1, 0.15) is 0 Å². The van der Waals surface area contributed by atoms with Gasteiger partial charge in [0.25, 0.3) is 0 Å². The van der Waals surface area contributed by atoms with Crippen LogP contribution in [0.5, 0.6) is 0 Å². The number of piperazine rings is 1. The third-order valence-electron chi connectivity index (χ3n) is 4.00. The number of nitrogens with one attached hydrogen (secondary N) is 1. The molecule has 0 aromatic carbocycles. The van der Waals surface area contributed by atoms with Crippen LogP contribution < -0.4 is 10.2 Å². The summed E-state index contributed by atoms with van der Waals surface area (Å²) < 4.78 is 0. The van der Waals surface area contributed by atoms with Crippen LogP contribution in [0, 0.1) is 0 Å². The van der Waals surface area contributed by atoms with Crippen molar-refractivity contribution < 1.29 is 0 Å². The fraction of sp³-hybridized carbons (Fsp3) is 0.812. The van der Waals surface area contributed by atoms with Crippen molar-refractivity contribution in [3.63, 3.8) is 0 Å². The van der Waals surface area contributed by atoms with Crippen molar-refractivity contribution in [1.82, 2.24) is 15.2 Å². The summed E-state index contributed by atoms with van der Waals surface area (Å²) in [7, 11) is 0. The Morgan fingerprint density at radius 1 is 1.10 bits per heavy atom. The van der Waals surface area contributed by atoms with E-state index in [0.717, 1.165) is 32.6 Å². The van der Waals surface area contributed by atoms with E-state index in [4.69, 9.17) is 4.98 Å². The van der Waals surface area contributed by atoms with Crippen LogP contribution in [0.15, 0.2) is 0 Å². The average molecular weight is 311 g/mol. The maximum atomic E-state index is 4.89. The summed E-state index contributed by atoms with van der Waals surface area (Å²) in [6.45, 7) is 14.6. The normalized spacial score (nSPS) is 16.6. The Morgan fingerprint density at radius 3 is 2.48 bits per heavy atom. The SMILES string of the molecule is CCCNCc1sc(N2CCN(CCC)CC2)nc1CC. The van der Waals surface area contributed by atoms with E-state index in [9.17, 15) is 0 Å². The Balaban J connectivity index is 1.94. The van der Waals surface area contributed by atoms with E-state index in [1.807, 2.05) is 11.3 Å². The summed E-state index contributed by atoms with van der Waals surface area (Å²) in [6.07, 6.45) is 3.48. The van der Waals surface area contributed by atoms with E-state index >= 15 is 0 Å². The second kappa shape index (κ2) is 8.71. The molecule has 21 heavy (non-hydrogen) atoms. The summed E-state index contributed by atoms with van der Waals surface area (Å²) >= 11 is 1.89. The molecule has 1 aliphatic rings. The van der Waals surface area contributed by atoms with Gasteiger partial charge < -0.3 is 10.2 Å². The van der Waals surface area contributed by atoms with Crippen molar-refractivity contribution in [3.8, 4) is 0 Å². The van der Waals surface area contributed by atoms with Gasteiger partial charge in [-0.05, 0) is 32.4 Å². The zero-order valence-electron chi connectivity index (χ0n) is 13.8. The molecule has 1 aromatic rings. The van der Waals surface area contributed by atoms with E-state index in [2.05, 4.69) is 35.9 Å². The second-order valence-corrected chi connectivity index (χ2v) is 6.79. The molecule has 2 heterocycles. The number of anilines is 1. The zero-order chi connectivity index (χ0) is 15.1. The third kappa shape index (κ3) is 4.66. The van der Waals surface area contributed by atoms with Crippen molar-refractivity contribution in [2.24, 2.45) is 0 Å². The highest BCUT2D eigenvalue weighted by Crippen LogP contribution is 2.27. The minimum Gasteiger partial charge on any atom is -0.346 e. The van der Waals surface area contributed by atoms with E-state index in [-0.39, 0.29) is 0 Å². The first-order chi connectivity index (χ1) is 10.3. The quantitative estimate of drug-likeness (QED) is 0.748. The molecule has 1 N–H and O–H groups in total. The molecule has 2 rings (SSSR count). The highest BCUT2D eigenvalue weighted by molar-refractivity contribution is 7.15. The van der Waals surface area contributed by atoms with Crippen LogP contribution in [0.2, 0.25) is 0 Å². The first-order valence-corrected chi connectivity index (χ1v) is 9.26. The van der Waals surface area contributed by atoms with E-state index in [0.29, 0.717) is 0 Å². The summed E-state index contributed by atoms with van der Waals surface area (Å²) in [6, 6.07) is 0. The molecule has 0 unspecified atom stereocenters. The van der Waals surface area contributed by atoms with Gasteiger partial charge in [-0.3, -0.25) is 4.90 Å². The molecule has 1 fully saturated rings. The van der Waals surface area contributed by atoms with Gasteiger partial charge >= 0.3 is 0 Å². The molecular weight excluding hydrogens is 280 g/mol. The molecule has 0 aliphatic carbocycles. The maximum Gasteiger partial charge on any atom is 0.185 e. The minimum absolute atomic E-state index is 0.977. The Bertz CT molecular complexity index is 410. The predicted octanol–water partition coefficient (Wildman–Crippen LogP) is 2.74. The summed E-state index contributed by atoms with van der Waals surface area (Å²) in [5, 5.41) is 4.74. The molecule has 0 spiro atoms. The smallest absolute Gasteiger partial charge is 0.185 e. The molecule has 120 valence electrons. The summed E-state index contributed by atoms with van der Waals surface area (Å²) in [4.78, 5) is 11.4. The van der Waals surface area contributed by atoms with Crippen molar-refractivity contribution in [2.75, 3.05) is 44.2 Å². The van der Waals surface area contributed by atoms with Gasteiger partial charge in [-0.2, -0.15) is 0 Å². The van der Waals surface area contributed by atoms with E-state index in [1.165, 1.54) is 48.2 Å². The van der Waals surface area contributed by atoms with Gasteiger partial charge in [0.15, 0.2) is 5.13 Å². The predicted molar refractivity (Wildman–Crippen MR) is 92.4 cm³/mol. The first-order valence-electron chi connectivity index (χ1n) is 8.45. The van der Waals surface area contributed by atoms with Crippen LogP contribution in [-0.2, 0) is 13.0 Å². The maximum absolute atomic E-state index is 4.89. The second-order valence-electron chi connectivity index (χ2n) is 5.73. The standard InChI is InChI=1S/C16H30N4S/c1-4-7-17-13-15-14(6-3)18-16(21-15)20-11-9-19(8-5-2)10-12-20/h17H,4-13H2,1-3H3. The molecule has 4 nitrogen and oxygen atoms in total. The van der Waals surface area contributed by atoms with Gasteiger partial charge in [-0.1, -0.05) is 20.8 Å². The van der Waals surface area contributed by atoms with Gasteiger partial charge in [0, 0.05) is 37.6 Å². The largest absolute Gasteiger partial charge is 0.346 e. The number of nitrogens with zero attached hydrogens (tertiary/aromatic N) is 3. The third-order valence-corrected chi connectivity index (χ3v) is 5.16. The average Bonchev–Trinajstić information content (AvgIpc) is 2.92. The molecule has 0 saturated carbocycles. The Kier molecular flexibility index (Phi) is 6.93.